The lowest BCUT2D eigenvalue weighted by atomic mass is 10.2. The zero-order chi connectivity index (χ0) is 18.4. The smallest absolute Gasteiger partial charge is 0.271 e. The Labute approximate surface area is 154 Å². The van der Waals surface area contributed by atoms with Crippen LogP contribution in [0.1, 0.15) is 18.4 Å². The molecule has 6 nitrogen and oxygen atoms in total. The highest BCUT2D eigenvalue weighted by Gasteiger charge is 2.12. The number of carbonyl (C=O) groups excluding carboxylic acids is 1. The van der Waals surface area contributed by atoms with Crippen molar-refractivity contribution in [3.63, 3.8) is 0 Å². The molecule has 8 heteroatoms. The van der Waals surface area contributed by atoms with Crippen molar-refractivity contribution in [3.05, 3.63) is 62.1 Å². The van der Waals surface area contributed by atoms with Crippen molar-refractivity contribution in [2.24, 2.45) is 0 Å². The number of rotatable bonds is 7. The first kappa shape index (κ1) is 19.0. The summed E-state index contributed by atoms with van der Waals surface area (Å²) in [7, 11) is 0. The maximum Gasteiger partial charge on any atom is 0.271 e. The van der Waals surface area contributed by atoms with E-state index in [0.717, 1.165) is 5.56 Å². The highest BCUT2D eigenvalue weighted by Crippen LogP contribution is 2.27. The van der Waals surface area contributed by atoms with Crippen LogP contribution in [0.2, 0.25) is 10.0 Å². The molecule has 0 aliphatic carbocycles. The second-order valence-electron chi connectivity index (χ2n) is 5.33. The van der Waals surface area contributed by atoms with E-state index in [9.17, 15) is 14.9 Å². The number of hydrogen-bond donors (Lipinski definition) is 1. The maximum absolute atomic E-state index is 12.0. The minimum Gasteiger partial charge on any atom is -0.493 e. The molecule has 0 unspecified atom stereocenters. The third-order valence-electron chi connectivity index (χ3n) is 3.38. The van der Waals surface area contributed by atoms with E-state index in [0.29, 0.717) is 23.8 Å². The van der Waals surface area contributed by atoms with Crippen molar-refractivity contribution in [1.82, 2.24) is 0 Å². The number of amides is 1. The summed E-state index contributed by atoms with van der Waals surface area (Å²) in [6, 6.07) is 9.20. The average molecular weight is 383 g/mol. The number of anilines is 1. The Balaban J connectivity index is 1.83. The van der Waals surface area contributed by atoms with Gasteiger partial charge in [-0.3, -0.25) is 14.9 Å². The second kappa shape index (κ2) is 8.69. The third-order valence-corrected chi connectivity index (χ3v) is 3.94. The van der Waals surface area contributed by atoms with Gasteiger partial charge in [0.15, 0.2) is 0 Å². The van der Waals surface area contributed by atoms with Crippen LogP contribution in [0.15, 0.2) is 36.4 Å². The number of nitro benzene ring substituents is 1. The number of non-ortho nitro benzene ring substituents is 1. The molecule has 2 aromatic carbocycles. The third kappa shape index (κ3) is 5.62. The first-order valence-corrected chi connectivity index (χ1v) is 8.25. The van der Waals surface area contributed by atoms with E-state index in [2.05, 4.69) is 5.32 Å². The number of hydrogen-bond acceptors (Lipinski definition) is 4. The van der Waals surface area contributed by atoms with Gasteiger partial charge >= 0.3 is 0 Å². The molecule has 1 amide bonds. The van der Waals surface area contributed by atoms with Crippen LogP contribution < -0.4 is 10.1 Å². The molecule has 0 aliphatic rings. The van der Waals surface area contributed by atoms with Gasteiger partial charge in [-0.15, -0.1) is 0 Å². The van der Waals surface area contributed by atoms with E-state index in [1.807, 2.05) is 6.92 Å². The van der Waals surface area contributed by atoms with Gasteiger partial charge < -0.3 is 10.1 Å². The Bertz CT molecular complexity index is 796. The molecule has 0 fully saturated rings. The lowest BCUT2D eigenvalue weighted by Crippen LogP contribution is -2.13. The highest BCUT2D eigenvalue weighted by atomic mass is 35.5. The first-order chi connectivity index (χ1) is 11.9. The fourth-order valence-electron chi connectivity index (χ4n) is 2.12. The van der Waals surface area contributed by atoms with E-state index in [-0.39, 0.29) is 28.7 Å². The largest absolute Gasteiger partial charge is 0.493 e. The Morgan fingerprint density at radius 3 is 2.68 bits per heavy atom. The molecule has 1 N–H and O–H groups in total. The van der Waals surface area contributed by atoms with E-state index in [1.54, 1.807) is 18.2 Å². The van der Waals surface area contributed by atoms with Gasteiger partial charge in [0.1, 0.15) is 5.75 Å². The minimum atomic E-state index is -0.547. The molecule has 25 heavy (non-hydrogen) atoms. The zero-order valence-electron chi connectivity index (χ0n) is 13.4. The fourth-order valence-corrected chi connectivity index (χ4v) is 2.52. The van der Waals surface area contributed by atoms with Gasteiger partial charge in [0.2, 0.25) is 5.91 Å². The van der Waals surface area contributed by atoms with Crippen LogP contribution >= 0.6 is 23.2 Å². The molecule has 0 aliphatic heterocycles. The number of nitro groups is 1. The van der Waals surface area contributed by atoms with Crippen LogP contribution in [0, 0.1) is 17.0 Å². The Hall–Kier alpha value is -2.31. The number of nitrogens with one attached hydrogen (secondary N) is 1. The van der Waals surface area contributed by atoms with Gasteiger partial charge in [-0.2, -0.15) is 0 Å². The molecule has 0 saturated heterocycles. The Morgan fingerprint density at radius 2 is 2.00 bits per heavy atom. The van der Waals surface area contributed by atoms with E-state index in [4.69, 9.17) is 27.9 Å². The summed E-state index contributed by atoms with van der Waals surface area (Å²) in [5, 5.41) is 14.2. The predicted molar refractivity (Wildman–Crippen MR) is 97.7 cm³/mol. The molecule has 0 aromatic heterocycles. The number of nitrogens with zero attached hydrogens (tertiary/aromatic N) is 1. The molecule has 0 spiro atoms. The molecule has 2 aromatic rings. The normalized spacial score (nSPS) is 10.4. The molecule has 132 valence electrons. The van der Waals surface area contributed by atoms with Gasteiger partial charge in [-0.25, -0.2) is 0 Å². The van der Waals surface area contributed by atoms with Crippen LogP contribution in [-0.2, 0) is 4.79 Å². The molecule has 0 radical (unpaired) electrons. The Morgan fingerprint density at radius 1 is 1.24 bits per heavy atom. The number of halogens is 2. The number of aryl methyl sites for hydroxylation is 1. The minimum absolute atomic E-state index is 0.138. The van der Waals surface area contributed by atoms with Crippen LogP contribution in [-0.4, -0.2) is 17.4 Å². The molecular formula is C17H16Cl2N2O4. The van der Waals surface area contributed by atoms with Crippen LogP contribution in [0.5, 0.6) is 5.75 Å². The van der Waals surface area contributed by atoms with Crippen LogP contribution in [0.4, 0.5) is 11.4 Å². The predicted octanol–water partition coefficient (Wildman–Crippen LogP) is 5.01. The quantitative estimate of drug-likeness (QED) is 0.414. The van der Waals surface area contributed by atoms with Crippen molar-refractivity contribution in [2.75, 3.05) is 11.9 Å². The fraction of sp³-hybridized carbons (Fsp3) is 0.235. The summed E-state index contributed by atoms with van der Waals surface area (Å²) in [6.45, 7) is 2.25. The first-order valence-electron chi connectivity index (χ1n) is 7.49. The molecule has 0 atom stereocenters. The second-order valence-corrected chi connectivity index (χ2v) is 6.17. The average Bonchev–Trinajstić information content (AvgIpc) is 2.55. The van der Waals surface area contributed by atoms with Crippen molar-refractivity contribution in [2.45, 2.75) is 19.8 Å². The van der Waals surface area contributed by atoms with E-state index >= 15 is 0 Å². The van der Waals surface area contributed by atoms with Crippen LogP contribution in [0.25, 0.3) is 0 Å². The van der Waals surface area contributed by atoms with Crippen LogP contribution in [0.3, 0.4) is 0 Å². The van der Waals surface area contributed by atoms with Gasteiger partial charge in [-0.05, 0) is 43.2 Å². The van der Waals surface area contributed by atoms with Crippen molar-refractivity contribution >= 4 is 40.5 Å². The monoisotopic (exact) mass is 382 g/mol. The van der Waals surface area contributed by atoms with Crippen molar-refractivity contribution in [3.8, 4) is 5.75 Å². The highest BCUT2D eigenvalue weighted by molar-refractivity contribution is 6.33. The number of benzene rings is 2. The molecule has 0 bridgehead atoms. The lowest BCUT2D eigenvalue weighted by molar-refractivity contribution is -0.384. The SMILES string of the molecule is Cc1cc(Cl)ccc1OCCCC(=O)Nc1cc([N+](=O)[O-])ccc1Cl. The van der Waals surface area contributed by atoms with E-state index < -0.39 is 4.92 Å². The van der Waals surface area contributed by atoms with Crippen molar-refractivity contribution in [1.29, 1.82) is 0 Å². The standard InChI is InChI=1S/C17H16Cl2N2O4/c1-11-9-12(18)4-7-16(11)25-8-2-3-17(22)20-15-10-13(21(23)24)5-6-14(15)19/h4-7,9-10H,2-3,8H2,1H3,(H,20,22). The van der Waals surface area contributed by atoms with Crippen molar-refractivity contribution < 1.29 is 14.5 Å². The summed E-state index contributed by atoms with van der Waals surface area (Å²) < 4.78 is 5.61. The summed E-state index contributed by atoms with van der Waals surface area (Å²) in [6.07, 6.45) is 0.687. The number of carbonyl (C=O) groups is 1. The molecule has 0 heterocycles. The zero-order valence-corrected chi connectivity index (χ0v) is 14.9. The number of ether oxygens (including phenoxy) is 1. The van der Waals surface area contributed by atoms with Gasteiger partial charge in [-0.1, -0.05) is 23.2 Å². The lowest BCUT2D eigenvalue weighted by Gasteiger charge is -2.10. The van der Waals surface area contributed by atoms with Gasteiger partial charge in [0.05, 0.1) is 22.2 Å². The summed E-state index contributed by atoms with van der Waals surface area (Å²) in [4.78, 5) is 22.2. The molecule has 2 rings (SSSR count). The maximum atomic E-state index is 12.0. The van der Waals surface area contributed by atoms with Gasteiger partial charge in [0, 0.05) is 23.6 Å². The van der Waals surface area contributed by atoms with Gasteiger partial charge in [0.25, 0.3) is 5.69 Å². The summed E-state index contributed by atoms with van der Waals surface area (Å²) >= 11 is 11.8. The molecule has 0 saturated carbocycles. The van der Waals surface area contributed by atoms with E-state index in [1.165, 1.54) is 18.2 Å². The topological polar surface area (TPSA) is 81.5 Å². The summed E-state index contributed by atoms with van der Waals surface area (Å²) in [5.41, 5.74) is 0.997. The summed E-state index contributed by atoms with van der Waals surface area (Å²) in [5.74, 6) is 0.422. The molecular weight excluding hydrogens is 367 g/mol. The Kier molecular flexibility index (Phi) is 6.61.